The molecule has 0 bridgehead atoms. The van der Waals surface area contributed by atoms with Crippen LogP contribution in [0, 0.1) is 5.82 Å². The van der Waals surface area contributed by atoms with Crippen LogP contribution in [0.2, 0.25) is 0 Å². The number of hydrogen-bond donors (Lipinski definition) is 2. The predicted molar refractivity (Wildman–Crippen MR) is 45.8 cm³/mol. The van der Waals surface area contributed by atoms with Crippen LogP contribution in [-0.4, -0.2) is 22.1 Å². The van der Waals surface area contributed by atoms with Crippen LogP contribution in [0.15, 0.2) is 15.8 Å². The summed E-state index contributed by atoms with van der Waals surface area (Å²) in [6, 6.07) is -0.946. The third kappa shape index (κ3) is 1.70. The summed E-state index contributed by atoms with van der Waals surface area (Å²) < 4.78 is 12.8. The summed E-state index contributed by atoms with van der Waals surface area (Å²) in [5, 5.41) is 2.21. The molecule has 0 aliphatic rings. The largest absolute Gasteiger partial charge is 0.337 e. The van der Waals surface area contributed by atoms with Crippen molar-refractivity contribution in [1.29, 1.82) is 0 Å². The molecule has 1 heterocycles. The van der Waals surface area contributed by atoms with Crippen molar-refractivity contribution in [1.82, 2.24) is 14.9 Å². The van der Waals surface area contributed by atoms with Crippen LogP contribution in [0.1, 0.15) is 6.92 Å². The molecule has 0 aromatic carbocycles. The molecule has 0 saturated heterocycles. The van der Waals surface area contributed by atoms with Crippen molar-refractivity contribution >= 4 is 6.03 Å². The normalized spacial score (nSPS) is 9.86. The highest BCUT2D eigenvalue weighted by atomic mass is 19.1. The molecule has 0 spiro atoms. The number of nitrogens with one attached hydrogen (secondary N) is 2. The Hall–Kier alpha value is -1.92. The van der Waals surface area contributed by atoms with Gasteiger partial charge in [0.25, 0.3) is 0 Å². The lowest BCUT2D eigenvalue weighted by Gasteiger charge is -2.02. The van der Waals surface area contributed by atoms with Gasteiger partial charge in [-0.25, -0.2) is 9.59 Å². The molecule has 76 valence electrons. The zero-order valence-electron chi connectivity index (χ0n) is 7.33. The Kier molecular flexibility index (Phi) is 2.80. The lowest BCUT2D eigenvalue weighted by atomic mass is 10.6. The van der Waals surface area contributed by atoms with Crippen LogP contribution in [0.3, 0.4) is 0 Å². The molecule has 6 nitrogen and oxygen atoms in total. The molecule has 0 aliphatic carbocycles. The minimum absolute atomic E-state index is 0.166. The first-order chi connectivity index (χ1) is 6.57. The van der Waals surface area contributed by atoms with E-state index in [1.807, 2.05) is 4.98 Å². The fraction of sp³-hybridized carbons (Fsp3) is 0.286. The van der Waals surface area contributed by atoms with E-state index in [9.17, 15) is 18.8 Å². The maximum Gasteiger partial charge on any atom is 0.336 e. The summed E-state index contributed by atoms with van der Waals surface area (Å²) in [7, 11) is 0. The second kappa shape index (κ2) is 3.86. The monoisotopic (exact) mass is 201 g/mol. The van der Waals surface area contributed by atoms with E-state index in [4.69, 9.17) is 0 Å². The third-order valence-electron chi connectivity index (χ3n) is 1.46. The minimum atomic E-state index is -1.26. The third-order valence-corrected chi connectivity index (χ3v) is 1.46. The van der Waals surface area contributed by atoms with Crippen molar-refractivity contribution in [3.63, 3.8) is 0 Å². The number of halogens is 1. The highest BCUT2D eigenvalue weighted by Crippen LogP contribution is 1.80. The maximum atomic E-state index is 12.7. The van der Waals surface area contributed by atoms with Gasteiger partial charge in [0.1, 0.15) is 0 Å². The summed E-state index contributed by atoms with van der Waals surface area (Å²) >= 11 is 0. The number of nitrogens with zero attached hydrogens (tertiary/aromatic N) is 1. The van der Waals surface area contributed by atoms with Crippen molar-refractivity contribution in [2.45, 2.75) is 6.92 Å². The summed E-state index contributed by atoms with van der Waals surface area (Å²) in [5.74, 6) is -1.18. The Morgan fingerprint density at radius 3 is 2.86 bits per heavy atom. The molecule has 1 aromatic heterocycles. The van der Waals surface area contributed by atoms with Gasteiger partial charge in [0.15, 0.2) is 0 Å². The van der Waals surface area contributed by atoms with Gasteiger partial charge in [-0.15, -0.1) is 0 Å². The molecule has 1 rings (SSSR count). The Morgan fingerprint density at radius 2 is 2.29 bits per heavy atom. The summed E-state index contributed by atoms with van der Waals surface area (Å²) in [5.41, 5.74) is -2.23. The fourth-order valence-electron chi connectivity index (χ4n) is 0.865. The van der Waals surface area contributed by atoms with E-state index < -0.39 is 23.1 Å². The molecule has 0 aliphatic heterocycles. The maximum absolute atomic E-state index is 12.7. The van der Waals surface area contributed by atoms with Crippen molar-refractivity contribution in [2.24, 2.45) is 0 Å². The van der Waals surface area contributed by atoms with Gasteiger partial charge in [-0.3, -0.25) is 4.79 Å². The molecular weight excluding hydrogens is 193 g/mol. The van der Waals surface area contributed by atoms with Crippen LogP contribution in [0.25, 0.3) is 0 Å². The van der Waals surface area contributed by atoms with E-state index in [2.05, 4.69) is 5.32 Å². The van der Waals surface area contributed by atoms with Crippen molar-refractivity contribution in [2.75, 3.05) is 6.54 Å². The summed E-state index contributed by atoms with van der Waals surface area (Å²) in [4.78, 5) is 35.0. The van der Waals surface area contributed by atoms with Crippen molar-refractivity contribution in [3.05, 3.63) is 32.9 Å². The molecule has 0 atom stereocenters. The number of H-pyrrole nitrogens is 1. The van der Waals surface area contributed by atoms with Gasteiger partial charge >= 0.3 is 17.3 Å². The molecule has 0 radical (unpaired) electrons. The first-order valence-electron chi connectivity index (χ1n) is 3.86. The van der Waals surface area contributed by atoms with E-state index in [-0.39, 0.29) is 11.1 Å². The number of aromatic nitrogens is 2. The Morgan fingerprint density at radius 1 is 1.64 bits per heavy atom. The van der Waals surface area contributed by atoms with Gasteiger partial charge in [0, 0.05) is 12.7 Å². The van der Waals surface area contributed by atoms with Crippen molar-refractivity contribution in [3.8, 4) is 0 Å². The zero-order valence-corrected chi connectivity index (χ0v) is 7.33. The molecule has 7 heteroatoms. The molecule has 14 heavy (non-hydrogen) atoms. The minimum Gasteiger partial charge on any atom is -0.337 e. The molecule has 1 aromatic rings. The summed E-state index contributed by atoms with van der Waals surface area (Å²) in [6.45, 7) is 1.84. The van der Waals surface area contributed by atoms with Crippen LogP contribution in [0.5, 0.6) is 0 Å². The van der Waals surface area contributed by atoms with E-state index in [0.29, 0.717) is 6.20 Å². The highest BCUT2D eigenvalue weighted by molar-refractivity contribution is 5.76. The predicted octanol–water partition coefficient (Wildman–Crippen LogP) is -0.747. The van der Waals surface area contributed by atoms with Crippen LogP contribution in [-0.2, 0) is 0 Å². The average molecular weight is 201 g/mol. The number of hydrogen-bond acceptors (Lipinski definition) is 3. The van der Waals surface area contributed by atoms with E-state index in [1.54, 1.807) is 6.92 Å². The smallest absolute Gasteiger partial charge is 0.336 e. The van der Waals surface area contributed by atoms with E-state index >= 15 is 0 Å². The number of carbonyl (C=O) groups is 1. The molecule has 2 N–H and O–H groups in total. The Balaban J connectivity index is 3.33. The lowest BCUT2D eigenvalue weighted by Crippen LogP contribution is -2.46. The van der Waals surface area contributed by atoms with Gasteiger partial charge in [0.05, 0.1) is 0 Å². The Labute approximate surface area is 77.4 Å². The summed E-state index contributed by atoms with van der Waals surface area (Å²) in [6.07, 6.45) is 0.612. The SMILES string of the molecule is CCNC(=O)n1c(=O)[nH]cc(F)c1=O. The first kappa shape index (κ1) is 10.2. The zero-order chi connectivity index (χ0) is 10.7. The number of carbonyl (C=O) groups excluding carboxylic acids is 1. The number of rotatable bonds is 1. The molecule has 0 unspecified atom stereocenters. The highest BCUT2D eigenvalue weighted by Gasteiger charge is 2.12. The second-order valence-electron chi connectivity index (χ2n) is 2.42. The van der Waals surface area contributed by atoms with Crippen LogP contribution < -0.4 is 16.6 Å². The van der Waals surface area contributed by atoms with E-state index in [1.165, 1.54) is 0 Å². The Bertz CT molecular complexity index is 462. The fourth-order valence-corrected chi connectivity index (χ4v) is 0.865. The van der Waals surface area contributed by atoms with Crippen LogP contribution >= 0.6 is 0 Å². The lowest BCUT2D eigenvalue weighted by molar-refractivity contribution is 0.240. The molecule has 0 saturated carbocycles. The van der Waals surface area contributed by atoms with Gasteiger partial charge in [0.2, 0.25) is 5.82 Å². The van der Waals surface area contributed by atoms with E-state index in [0.717, 1.165) is 0 Å². The van der Waals surface area contributed by atoms with Gasteiger partial charge in [-0.05, 0) is 6.92 Å². The second-order valence-corrected chi connectivity index (χ2v) is 2.42. The van der Waals surface area contributed by atoms with Crippen LogP contribution in [0.4, 0.5) is 9.18 Å². The van der Waals surface area contributed by atoms with Gasteiger partial charge < -0.3 is 10.3 Å². The number of aromatic amines is 1. The van der Waals surface area contributed by atoms with Gasteiger partial charge in [-0.1, -0.05) is 0 Å². The topological polar surface area (TPSA) is 84.0 Å². The van der Waals surface area contributed by atoms with Crippen molar-refractivity contribution < 1.29 is 9.18 Å². The number of amides is 1. The first-order valence-corrected chi connectivity index (χ1v) is 3.86. The molecular formula is C7H8FN3O3. The molecule has 0 fully saturated rings. The quantitative estimate of drug-likeness (QED) is 0.627. The average Bonchev–Trinajstić information content (AvgIpc) is 2.13. The van der Waals surface area contributed by atoms with Gasteiger partial charge in [-0.2, -0.15) is 8.96 Å². The standard InChI is InChI=1S/C7H8FN3O3/c1-2-9-6(13)11-5(12)4(8)3-10-7(11)14/h3H,2H2,1H3,(H,9,13)(H,10,14). The molecule has 1 amide bonds.